The van der Waals surface area contributed by atoms with Gasteiger partial charge in [0.25, 0.3) is 0 Å². The van der Waals surface area contributed by atoms with Gasteiger partial charge in [-0.15, -0.1) is 0 Å². The summed E-state index contributed by atoms with van der Waals surface area (Å²) in [6, 6.07) is 20.0. The summed E-state index contributed by atoms with van der Waals surface area (Å²) >= 11 is 0. The van der Waals surface area contributed by atoms with Crippen molar-refractivity contribution in [3.8, 4) is 5.75 Å². The van der Waals surface area contributed by atoms with Gasteiger partial charge >= 0.3 is 5.97 Å². The summed E-state index contributed by atoms with van der Waals surface area (Å²) in [6.45, 7) is 4.25. The molecule has 6 nitrogen and oxygen atoms in total. The average molecular weight is 428 g/mol. The Morgan fingerprint density at radius 1 is 1.06 bits per heavy atom. The van der Waals surface area contributed by atoms with Gasteiger partial charge in [0.05, 0.1) is 23.9 Å². The van der Waals surface area contributed by atoms with Crippen molar-refractivity contribution in [3.05, 3.63) is 95.4 Å². The molecule has 2 heterocycles. The van der Waals surface area contributed by atoms with Crippen LogP contribution in [0.4, 0.5) is 5.69 Å². The Balaban J connectivity index is 1.69. The van der Waals surface area contributed by atoms with Crippen LogP contribution in [0.1, 0.15) is 46.7 Å². The third kappa shape index (κ3) is 4.54. The topological polar surface area (TPSA) is 84.3 Å². The Bertz CT molecular complexity index is 1220. The molecule has 1 atom stereocenters. The molecule has 6 heteroatoms. The number of fused-ring (bicyclic) bond motifs is 1. The van der Waals surface area contributed by atoms with E-state index in [1.165, 1.54) is 0 Å². The van der Waals surface area contributed by atoms with Crippen LogP contribution in [0.25, 0.3) is 10.9 Å². The van der Waals surface area contributed by atoms with Crippen molar-refractivity contribution >= 4 is 22.6 Å². The Kier molecular flexibility index (Phi) is 6.31. The van der Waals surface area contributed by atoms with Crippen LogP contribution < -0.4 is 5.32 Å². The highest BCUT2D eigenvalue weighted by Crippen LogP contribution is 2.36. The maximum absolute atomic E-state index is 12.1. The summed E-state index contributed by atoms with van der Waals surface area (Å²) in [5, 5.41) is 15.4. The van der Waals surface area contributed by atoms with Gasteiger partial charge in [-0.05, 0) is 55.8 Å². The van der Waals surface area contributed by atoms with E-state index in [9.17, 15) is 9.90 Å². The van der Waals surface area contributed by atoms with E-state index < -0.39 is 6.04 Å². The second kappa shape index (κ2) is 9.47. The maximum Gasteiger partial charge on any atom is 0.338 e. The normalized spacial score (nSPS) is 11.8. The number of carbonyl (C=O) groups is 1. The number of phenolic OH excluding ortho intramolecular Hbond substituents is 1. The number of nitrogens with zero attached hydrogens (tertiary/aromatic N) is 2. The number of anilines is 1. The summed E-state index contributed by atoms with van der Waals surface area (Å²) in [5.41, 5.74) is 4.08. The smallest absolute Gasteiger partial charge is 0.338 e. The Labute approximate surface area is 186 Å². The van der Waals surface area contributed by atoms with Gasteiger partial charge < -0.3 is 15.2 Å². The van der Waals surface area contributed by atoms with Gasteiger partial charge in [0, 0.05) is 28.5 Å². The molecule has 4 aromatic rings. The highest BCUT2D eigenvalue weighted by atomic mass is 16.5. The molecule has 0 aliphatic heterocycles. The minimum atomic E-state index is -0.416. The van der Waals surface area contributed by atoms with Gasteiger partial charge in [-0.3, -0.25) is 4.98 Å². The summed E-state index contributed by atoms with van der Waals surface area (Å²) in [4.78, 5) is 21.1. The fourth-order valence-corrected chi connectivity index (χ4v) is 3.52. The molecule has 4 rings (SSSR count). The molecule has 32 heavy (non-hydrogen) atoms. The van der Waals surface area contributed by atoms with Crippen LogP contribution >= 0.6 is 0 Å². The van der Waals surface area contributed by atoms with E-state index in [4.69, 9.17) is 4.74 Å². The standard InChI is InChI=1S/C26H25N3O3/c1-3-16-32-26(31)19-9-12-20(13-10-19)29-24(22-6-4-5-15-27-22)21-14-11-18-8-7-17(2)28-23(18)25(21)30/h4-15,24,29-30H,3,16H2,1-2H3. The molecule has 162 valence electrons. The van der Waals surface area contributed by atoms with Gasteiger partial charge in [-0.25, -0.2) is 9.78 Å². The van der Waals surface area contributed by atoms with Crippen LogP contribution in [-0.2, 0) is 4.74 Å². The minimum Gasteiger partial charge on any atom is -0.505 e. The van der Waals surface area contributed by atoms with Gasteiger partial charge in [0.2, 0.25) is 0 Å². The second-order valence-corrected chi connectivity index (χ2v) is 7.57. The number of nitrogens with one attached hydrogen (secondary N) is 1. The van der Waals surface area contributed by atoms with Crippen LogP contribution in [0.2, 0.25) is 0 Å². The van der Waals surface area contributed by atoms with E-state index in [0.29, 0.717) is 23.3 Å². The van der Waals surface area contributed by atoms with E-state index in [-0.39, 0.29) is 11.7 Å². The molecule has 2 N–H and O–H groups in total. The monoisotopic (exact) mass is 427 g/mol. The Morgan fingerprint density at radius 3 is 2.56 bits per heavy atom. The van der Waals surface area contributed by atoms with E-state index >= 15 is 0 Å². The van der Waals surface area contributed by atoms with Crippen molar-refractivity contribution in [1.29, 1.82) is 0 Å². The molecule has 1 unspecified atom stereocenters. The third-order valence-electron chi connectivity index (χ3n) is 5.17. The molecule has 0 aliphatic rings. The van der Waals surface area contributed by atoms with E-state index in [1.807, 2.05) is 68.4 Å². The lowest BCUT2D eigenvalue weighted by molar-refractivity contribution is 0.0505. The molecule has 2 aromatic carbocycles. The summed E-state index contributed by atoms with van der Waals surface area (Å²) in [6.07, 6.45) is 2.50. The zero-order chi connectivity index (χ0) is 22.5. The van der Waals surface area contributed by atoms with Gasteiger partial charge in [-0.2, -0.15) is 0 Å². The maximum atomic E-state index is 12.1. The number of phenols is 1. The number of hydrogen-bond acceptors (Lipinski definition) is 6. The number of benzene rings is 2. The number of carbonyl (C=O) groups excluding carboxylic acids is 1. The molecular formula is C26H25N3O3. The van der Waals surface area contributed by atoms with Crippen molar-refractivity contribution in [1.82, 2.24) is 9.97 Å². The van der Waals surface area contributed by atoms with Gasteiger partial charge in [0.15, 0.2) is 0 Å². The van der Waals surface area contributed by atoms with Crippen LogP contribution in [0.3, 0.4) is 0 Å². The SMILES string of the molecule is CCCOC(=O)c1ccc(NC(c2ccccn2)c2ccc3ccc(C)nc3c2O)cc1. The molecule has 0 saturated heterocycles. The molecule has 0 fully saturated rings. The number of aryl methyl sites for hydroxylation is 1. The average Bonchev–Trinajstić information content (AvgIpc) is 2.83. The lowest BCUT2D eigenvalue weighted by Crippen LogP contribution is -2.14. The molecule has 0 saturated carbocycles. The second-order valence-electron chi connectivity index (χ2n) is 7.57. The molecule has 0 amide bonds. The Hall–Kier alpha value is -3.93. The molecule has 0 aliphatic carbocycles. The lowest BCUT2D eigenvalue weighted by Gasteiger charge is -2.22. The summed E-state index contributed by atoms with van der Waals surface area (Å²) < 4.78 is 5.19. The summed E-state index contributed by atoms with van der Waals surface area (Å²) in [5.74, 6) is -0.220. The number of aromatic nitrogens is 2. The molecule has 0 spiro atoms. The first-order valence-corrected chi connectivity index (χ1v) is 10.6. The zero-order valence-corrected chi connectivity index (χ0v) is 18.1. The number of pyridine rings is 2. The third-order valence-corrected chi connectivity index (χ3v) is 5.17. The van der Waals surface area contributed by atoms with Gasteiger partial charge in [-0.1, -0.05) is 31.2 Å². The quantitative estimate of drug-likeness (QED) is 0.384. The minimum absolute atomic E-state index is 0.120. The van der Waals surface area contributed by atoms with Gasteiger partial charge in [0.1, 0.15) is 11.3 Å². The van der Waals surface area contributed by atoms with Crippen molar-refractivity contribution in [2.45, 2.75) is 26.3 Å². The highest BCUT2D eigenvalue weighted by molar-refractivity contribution is 5.90. The lowest BCUT2D eigenvalue weighted by atomic mass is 9.99. The van der Waals surface area contributed by atoms with Crippen LogP contribution in [-0.4, -0.2) is 27.7 Å². The first kappa shape index (κ1) is 21.3. The number of hydrogen-bond donors (Lipinski definition) is 2. The Morgan fingerprint density at radius 2 is 1.84 bits per heavy atom. The first-order chi connectivity index (χ1) is 15.6. The van der Waals surface area contributed by atoms with Crippen molar-refractivity contribution in [2.75, 3.05) is 11.9 Å². The number of ether oxygens (including phenoxy) is 1. The van der Waals surface area contributed by atoms with Crippen molar-refractivity contribution in [2.24, 2.45) is 0 Å². The van der Waals surface area contributed by atoms with Crippen molar-refractivity contribution in [3.63, 3.8) is 0 Å². The number of esters is 1. The predicted octanol–water partition coefficient (Wildman–Crippen LogP) is 5.41. The molecular weight excluding hydrogens is 402 g/mol. The molecule has 2 aromatic heterocycles. The van der Waals surface area contributed by atoms with Crippen molar-refractivity contribution < 1.29 is 14.6 Å². The fourth-order valence-electron chi connectivity index (χ4n) is 3.52. The number of aromatic hydroxyl groups is 1. The predicted molar refractivity (Wildman–Crippen MR) is 125 cm³/mol. The summed E-state index contributed by atoms with van der Waals surface area (Å²) in [7, 11) is 0. The molecule has 0 radical (unpaired) electrons. The van der Waals surface area contributed by atoms with E-state index in [1.54, 1.807) is 18.3 Å². The first-order valence-electron chi connectivity index (χ1n) is 10.6. The number of rotatable bonds is 7. The van der Waals surface area contributed by atoms with Crippen LogP contribution in [0.5, 0.6) is 5.75 Å². The highest BCUT2D eigenvalue weighted by Gasteiger charge is 2.21. The van der Waals surface area contributed by atoms with E-state index in [0.717, 1.165) is 28.9 Å². The zero-order valence-electron chi connectivity index (χ0n) is 18.1. The largest absolute Gasteiger partial charge is 0.505 e. The van der Waals surface area contributed by atoms with Crippen LogP contribution in [0, 0.1) is 6.92 Å². The fraction of sp³-hybridized carbons (Fsp3) is 0.192. The van der Waals surface area contributed by atoms with Crippen LogP contribution in [0.15, 0.2) is 72.9 Å². The van der Waals surface area contributed by atoms with E-state index in [2.05, 4.69) is 15.3 Å². The molecule has 0 bridgehead atoms.